The molecule has 2 aromatic rings. The van der Waals surface area contributed by atoms with E-state index in [-0.39, 0.29) is 11.3 Å². The summed E-state index contributed by atoms with van der Waals surface area (Å²) in [6.45, 7) is 1.62. The number of hydrogen-bond acceptors (Lipinski definition) is 2. The second-order valence-electron chi connectivity index (χ2n) is 4.22. The van der Waals surface area contributed by atoms with Crippen molar-refractivity contribution in [3.8, 4) is 0 Å². The third-order valence-electron chi connectivity index (χ3n) is 2.74. The summed E-state index contributed by atoms with van der Waals surface area (Å²) in [6.07, 6.45) is 1.50. The summed E-state index contributed by atoms with van der Waals surface area (Å²) in [5.74, 6) is -1.77. The van der Waals surface area contributed by atoms with Crippen LogP contribution >= 0.6 is 15.9 Å². The zero-order valence-corrected chi connectivity index (χ0v) is 12.1. The molecule has 1 amide bonds. The van der Waals surface area contributed by atoms with E-state index in [0.717, 1.165) is 16.6 Å². The van der Waals surface area contributed by atoms with Crippen molar-refractivity contribution >= 4 is 21.8 Å². The van der Waals surface area contributed by atoms with E-state index >= 15 is 0 Å². The molecule has 0 aliphatic carbocycles. The summed E-state index contributed by atoms with van der Waals surface area (Å²) in [5.41, 5.74) is 0.444. The second kappa shape index (κ2) is 6.09. The fourth-order valence-electron chi connectivity index (χ4n) is 1.71. The summed E-state index contributed by atoms with van der Waals surface area (Å²) >= 11 is 3.22. The summed E-state index contributed by atoms with van der Waals surface area (Å²) in [5, 5.41) is 2.61. The maximum atomic E-state index is 13.6. The second-order valence-corrected chi connectivity index (χ2v) is 5.14. The molecular formula is C14H11BrF2N2O. The predicted molar refractivity (Wildman–Crippen MR) is 74.2 cm³/mol. The summed E-state index contributed by atoms with van der Waals surface area (Å²) in [7, 11) is 0. The standard InChI is InChI=1S/C14H11BrF2N2O/c1-8(11-4-3-10(16)6-12(11)17)19-14(20)13-5-2-9(15)7-18-13/h2-8H,1H3,(H,19,20). The molecule has 1 unspecified atom stereocenters. The highest BCUT2D eigenvalue weighted by atomic mass is 79.9. The van der Waals surface area contributed by atoms with Gasteiger partial charge in [0.25, 0.3) is 5.91 Å². The zero-order valence-electron chi connectivity index (χ0n) is 10.5. The Morgan fingerprint density at radius 1 is 1.30 bits per heavy atom. The van der Waals surface area contributed by atoms with Crippen molar-refractivity contribution in [1.82, 2.24) is 10.3 Å². The first-order valence-corrected chi connectivity index (χ1v) is 6.64. The van der Waals surface area contributed by atoms with E-state index in [9.17, 15) is 13.6 Å². The summed E-state index contributed by atoms with van der Waals surface area (Å²) in [4.78, 5) is 15.9. The fourth-order valence-corrected chi connectivity index (χ4v) is 1.95. The SMILES string of the molecule is CC(NC(=O)c1ccc(Br)cn1)c1ccc(F)cc1F. The van der Waals surface area contributed by atoms with Crippen LogP contribution in [0.25, 0.3) is 0 Å². The number of pyridine rings is 1. The number of halogens is 3. The molecule has 0 radical (unpaired) electrons. The van der Waals surface area contributed by atoms with Crippen LogP contribution < -0.4 is 5.32 Å². The van der Waals surface area contributed by atoms with Crippen LogP contribution in [-0.4, -0.2) is 10.9 Å². The Morgan fingerprint density at radius 3 is 2.65 bits per heavy atom. The van der Waals surface area contributed by atoms with Crippen molar-refractivity contribution in [2.24, 2.45) is 0 Å². The molecule has 20 heavy (non-hydrogen) atoms. The highest BCUT2D eigenvalue weighted by molar-refractivity contribution is 9.10. The van der Waals surface area contributed by atoms with Crippen molar-refractivity contribution in [3.05, 3.63) is 63.9 Å². The highest BCUT2D eigenvalue weighted by Gasteiger charge is 2.15. The number of carbonyl (C=O) groups is 1. The van der Waals surface area contributed by atoms with Gasteiger partial charge in [-0.15, -0.1) is 0 Å². The van der Waals surface area contributed by atoms with Crippen LogP contribution in [0.1, 0.15) is 29.0 Å². The quantitative estimate of drug-likeness (QED) is 0.927. The van der Waals surface area contributed by atoms with Crippen molar-refractivity contribution in [1.29, 1.82) is 0 Å². The molecule has 1 heterocycles. The normalized spacial score (nSPS) is 12.0. The molecule has 2 rings (SSSR count). The first-order valence-electron chi connectivity index (χ1n) is 5.84. The van der Waals surface area contributed by atoms with E-state index in [2.05, 4.69) is 26.2 Å². The molecule has 0 saturated heterocycles. The van der Waals surface area contributed by atoms with E-state index < -0.39 is 23.6 Å². The van der Waals surface area contributed by atoms with Crippen LogP contribution in [0, 0.1) is 11.6 Å². The zero-order chi connectivity index (χ0) is 14.7. The molecule has 0 spiro atoms. The molecular weight excluding hydrogens is 330 g/mol. The Kier molecular flexibility index (Phi) is 4.44. The Balaban J connectivity index is 2.12. The third kappa shape index (κ3) is 3.39. The van der Waals surface area contributed by atoms with Gasteiger partial charge < -0.3 is 5.32 Å². The van der Waals surface area contributed by atoms with Gasteiger partial charge >= 0.3 is 0 Å². The van der Waals surface area contributed by atoms with E-state index in [1.165, 1.54) is 12.3 Å². The number of aromatic nitrogens is 1. The molecule has 0 saturated carbocycles. The first kappa shape index (κ1) is 14.6. The largest absolute Gasteiger partial charge is 0.344 e. The van der Waals surface area contributed by atoms with Gasteiger partial charge in [-0.1, -0.05) is 6.07 Å². The maximum absolute atomic E-state index is 13.6. The van der Waals surface area contributed by atoms with Gasteiger partial charge in [0, 0.05) is 22.3 Å². The van der Waals surface area contributed by atoms with E-state index in [1.807, 2.05) is 0 Å². The van der Waals surface area contributed by atoms with Crippen LogP contribution in [0.15, 0.2) is 41.0 Å². The lowest BCUT2D eigenvalue weighted by Gasteiger charge is -2.14. The molecule has 104 valence electrons. The molecule has 6 heteroatoms. The number of nitrogens with one attached hydrogen (secondary N) is 1. The molecule has 0 fully saturated rings. The Hall–Kier alpha value is -1.82. The van der Waals surface area contributed by atoms with Crippen molar-refractivity contribution < 1.29 is 13.6 Å². The minimum absolute atomic E-state index is 0.219. The number of carbonyl (C=O) groups excluding carboxylic acids is 1. The summed E-state index contributed by atoms with van der Waals surface area (Å²) < 4.78 is 27.2. The van der Waals surface area contributed by atoms with Crippen molar-refractivity contribution in [3.63, 3.8) is 0 Å². The van der Waals surface area contributed by atoms with Gasteiger partial charge in [0.2, 0.25) is 0 Å². The number of amides is 1. The van der Waals surface area contributed by atoms with Crippen LogP contribution in [0.4, 0.5) is 8.78 Å². The van der Waals surface area contributed by atoms with Crippen LogP contribution in [-0.2, 0) is 0 Å². The number of hydrogen-bond donors (Lipinski definition) is 1. The van der Waals surface area contributed by atoms with Crippen LogP contribution in [0.5, 0.6) is 0 Å². The maximum Gasteiger partial charge on any atom is 0.270 e. The van der Waals surface area contributed by atoms with Gasteiger partial charge in [0.1, 0.15) is 17.3 Å². The Labute approximate surface area is 123 Å². The van der Waals surface area contributed by atoms with Gasteiger partial charge in [-0.25, -0.2) is 13.8 Å². The predicted octanol–water partition coefficient (Wildman–Crippen LogP) is 3.61. The average Bonchev–Trinajstić information content (AvgIpc) is 2.39. The van der Waals surface area contributed by atoms with Crippen molar-refractivity contribution in [2.75, 3.05) is 0 Å². The Morgan fingerprint density at radius 2 is 2.05 bits per heavy atom. The molecule has 1 N–H and O–H groups in total. The fraction of sp³-hybridized carbons (Fsp3) is 0.143. The lowest BCUT2D eigenvalue weighted by atomic mass is 10.1. The van der Waals surface area contributed by atoms with E-state index in [1.54, 1.807) is 19.1 Å². The van der Waals surface area contributed by atoms with Crippen LogP contribution in [0.3, 0.4) is 0 Å². The molecule has 1 atom stereocenters. The molecule has 1 aromatic carbocycles. The van der Waals surface area contributed by atoms with Gasteiger partial charge in [0.15, 0.2) is 0 Å². The minimum Gasteiger partial charge on any atom is -0.344 e. The minimum atomic E-state index is -0.693. The number of rotatable bonds is 3. The van der Waals surface area contributed by atoms with E-state index in [0.29, 0.717) is 0 Å². The third-order valence-corrected chi connectivity index (χ3v) is 3.21. The Bertz CT molecular complexity index is 632. The average molecular weight is 341 g/mol. The van der Waals surface area contributed by atoms with Gasteiger partial charge in [-0.3, -0.25) is 4.79 Å². The van der Waals surface area contributed by atoms with Gasteiger partial charge in [-0.05, 0) is 41.1 Å². The summed E-state index contributed by atoms with van der Waals surface area (Å²) in [6, 6.07) is 5.89. The molecule has 0 aliphatic heterocycles. The van der Waals surface area contributed by atoms with Gasteiger partial charge in [-0.2, -0.15) is 0 Å². The molecule has 3 nitrogen and oxygen atoms in total. The monoisotopic (exact) mass is 340 g/mol. The van der Waals surface area contributed by atoms with Crippen molar-refractivity contribution in [2.45, 2.75) is 13.0 Å². The molecule has 0 bridgehead atoms. The number of benzene rings is 1. The lowest BCUT2D eigenvalue weighted by molar-refractivity contribution is 0.0934. The van der Waals surface area contributed by atoms with Crippen LogP contribution in [0.2, 0.25) is 0 Å². The van der Waals surface area contributed by atoms with Gasteiger partial charge in [0.05, 0.1) is 6.04 Å². The molecule has 1 aromatic heterocycles. The smallest absolute Gasteiger partial charge is 0.270 e. The number of nitrogens with zero attached hydrogens (tertiary/aromatic N) is 1. The topological polar surface area (TPSA) is 42.0 Å². The lowest BCUT2D eigenvalue weighted by Crippen LogP contribution is -2.28. The first-order chi connectivity index (χ1) is 9.47. The van der Waals surface area contributed by atoms with E-state index in [4.69, 9.17) is 0 Å². The molecule has 0 aliphatic rings. The highest BCUT2D eigenvalue weighted by Crippen LogP contribution is 2.18.